The van der Waals surface area contributed by atoms with Gasteiger partial charge in [-0.15, -0.1) is 11.3 Å². The van der Waals surface area contributed by atoms with E-state index in [1.54, 1.807) is 13.1 Å². The highest BCUT2D eigenvalue weighted by molar-refractivity contribution is 9.10. The smallest absolute Gasteiger partial charge is 0.341 e. The number of thiophene rings is 1. The number of rotatable bonds is 4. The van der Waals surface area contributed by atoms with Crippen molar-refractivity contribution in [2.45, 2.75) is 20.8 Å². The number of fused-ring (bicyclic) bond motifs is 1. The number of carbonyl (C=O) groups is 1. The number of hydrogen-bond donors (Lipinski definition) is 1. The number of benzene rings is 1. The average molecular weight is 405 g/mol. The quantitative estimate of drug-likeness (QED) is 0.458. The van der Waals surface area contributed by atoms with E-state index in [4.69, 9.17) is 4.74 Å². The summed E-state index contributed by atoms with van der Waals surface area (Å²) in [6.45, 7) is 6.08. The second-order valence-electron chi connectivity index (χ2n) is 5.38. The standard InChI is InChI=1S/C18H17BrN2O2S/c1-4-23-18(22)16-10(2)11(3)24-17(16)21-9-12-8-20-15-6-5-13(19)7-14(12)15/h5-9,20H,4H2,1-3H3/b21-9+. The number of H-pyrrole nitrogens is 1. The van der Waals surface area contributed by atoms with E-state index in [-0.39, 0.29) is 5.97 Å². The summed E-state index contributed by atoms with van der Waals surface area (Å²) in [6, 6.07) is 6.05. The molecule has 1 N–H and O–H groups in total. The van der Waals surface area contributed by atoms with E-state index in [1.165, 1.54) is 11.3 Å². The lowest BCUT2D eigenvalue weighted by Gasteiger charge is -2.02. The number of nitrogens with zero attached hydrogens (tertiary/aromatic N) is 1. The predicted octanol–water partition coefficient (Wildman–Crippen LogP) is 5.54. The van der Waals surface area contributed by atoms with Gasteiger partial charge in [0.1, 0.15) is 5.00 Å². The molecule has 0 atom stereocenters. The van der Waals surface area contributed by atoms with Crippen LogP contribution in [0.3, 0.4) is 0 Å². The van der Waals surface area contributed by atoms with Gasteiger partial charge in [-0.2, -0.15) is 0 Å². The second kappa shape index (κ2) is 6.91. The fourth-order valence-corrected chi connectivity index (χ4v) is 3.84. The zero-order valence-electron chi connectivity index (χ0n) is 13.6. The van der Waals surface area contributed by atoms with Crippen LogP contribution in [0.4, 0.5) is 5.00 Å². The SMILES string of the molecule is CCOC(=O)c1c(/N=C/c2c[nH]c3ccc(Br)cc23)sc(C)c1C. The average Bonchev–Trinajstić information content (AvgIpc) is 3.06. The summed E-state index contributed by atoms with van der Waals surface area (Å²) in [6.07, 6.45) is 3.71. The van der Waals surface area contributed by atoms with Gasteiger partial charge in [0.05, 0.1) is 12.2 Å². The van der Waals surface area contributed by atoms with Crippen LogP contribution in [-0.4, -0.2) is 23.8 Å². The van der Waals surface area contributed by atoms with Crippen molar-refractivity contribution in [3.05, 3.63) is 50.4 Å². The van der Waals surface area contributed by atoms with E-state index in [0.29, 0.717) is 17.2 Å². The highest BCUT2D eigenvalue weighted by Crippen LogP contribution is 2.35. The lowest BCUT2D eigenvalue weighted by molar-refractivity contribution is 0.0527. The van der Waals surface area contributed by atoms with Crippen LogP contribution < -0.4 is 0 Å². The minimum absolute atomic E-state index is 0.312. The maximum Gasteiger partial charge on any atom is 0.341 e. The first-order chi connectivity index (χ1) is 11.5. The second-order valence-corrected chi connectivity index (χ2v) is 7.49. The number of aromatic nitrogens is 1. The molecule has 3 rings (SSSR count). The fourth-order valence-electron chi connectivity index (χ4n) is 2.49. The number of aliphatic imine (C=N–C) groups is 1. The first-order valence-corrected chi connectivity index (χ1v) is 9.20. The van der Waals surface area contributed by atoms with Crippen LogP contribution in [0.15, 0.2) is 33.9 Å². The fraction of sp³-hybridized carbons (Fsp3) is 0.222. The number of carbonyl (C=O) groups excluding carboxylic acids is 1. The van der Waals surface area contributed by atoms with Gasteiger partial charge in [-0.1, -0.05) is 15.9 Å². The first kappa shape index (κ1) is 16.9. The molecule has 0 aliphatic heterocycles. The van der Waals surface area contributed by atoms with Crippen molar-refractivity contribution in [1.29, 1.82) is 0 Å². The largest absolute Gasteiger partial charge is 0.462 e. The van der Waals surface area contributed by atoms with Gasteiger partial charge in [-0.25, -0.2) is 9.79 Å². The van der Waals surface area contributed by atoms with Crippen molar-refractivity contribution in [3.8, 4) is 0 Å². The Morgan fingerprint density at radius 2 is 2.21 bits per heavy atom. The molecule has 0 bridgehead atoms. The van der Waals surface area contributed by atoms with Crippen LogP contribution in [-0.2, 0) is 4.74 Å². The summed E-state index contributed by atoms with van der Waals surface area (Å²) in [5, 5.41) is 1.77. The molecule has 124 valence electrons. The van der Waals surface area contributed by atoms with E-state index in [2.05, 4.69) is 25.9 Å². The van der Waals surface area contributed by atoms with Crippen molar-refractivity contribution in [2.24, 2.45) is 4.99 Å². The minimum atomic E-state index is -0.312. The van der Waals surface area contributed by atoms with E-state index < -0.39 is 0 Å². The molecule has 3 aromatic rings. The molecule has 0 aliphatic carbocycles. The van der Waals surface area contributed by atoms with Crippen LogP contribution in [0.1, 0.15) is 33.3 Å². The third-order valence-electron chi connectivity index (χ3n) is 3.84. The number of ether oxygens (including phenoxy) is 1. The molecule has 0 fully saturated rings. The molecule has 24 heavy (non-hydrogen) atoms. The zero-order valence-corrected chi connectivity index (χ0v) is 16.0. The lowest BCUT2D eigenvalue weighted by Crippen LogP contribution is -2.05. The van der Waals surface area contributed by atoms with Crippen molar-refractivity contribution in [3.63, 3.8) is 0 Å². The van der Waals surface area contributed by atoms with Crippen molar-refractivity contribution in [2.75, 3.05) is 6.61 Å². The maximum absolute atomic E-state index is 12.2. The Balaban J connectivity index is 2.01. The van der Waals surface area contributed by atoms with Gasteiger partial charge < -0.3 is 9.72 Å². The Morgan fingerprint density at radius 1 is 1.42 bits per heavy atom. The third-order valence-corrected chi connectivity index (χ3v) is 5.45. The topological polar surface area (TPSA) is 54.4 Å². The molecule has 4 nitrogen and oxygen atoms in total. The summed E-state index contributed by atoms with van der Waals surface area (Å²) in [5.74, 6) is -0.312. The number of aryl methyl sites for hydroxylation is 1. The van der Waals surface area contributed by atoms with E-state index >= 15 is 0 Å². The van der Waals surface area contributed by atoms with Crippen molar-refractivity contribution >= 4 is 55.4 Å². The van der Waals surface area contributed by atoms with Crippen LogP contribution in [0, 0.1) is 13.8 Å². The third kappa shape index (κ3) is 3.16. The number of halogens is 1. The number of aromatic amines is 1. The molecule has 1 aromatic carbocycles. The van der Waals surface area contributed by atoms with Gasteiger partial charge in [-0.3, -0.25) is 0 Å². The number of hydrogen-bond acceptors (Lipinski definition) is 4. The maximum atomic E-state index is 12.2. The highest BCUT2D eigenvalue weighted by Gasteiger charge is 2.20. The first-order valence-electron chi connectivity index (χ1n) is 7.59. The van der Waals surface area contributed by atoms with Crippen molar-refractivity contribution < 1.29 is 9.53 Å². The number of esters is 1. The lowest BCUT2D eigenvalue weighted by atomic mass is 10.1. The highest BCUT2D eigenvalue weighted by atomic mass is 79.9. The van der Waals surface area contributed by atoms with Gasteiger partial charge in [-0.05, 0) is 44.5 Å². The number of nitrogens with one attached hydrogen (secondary N) is 1. The molecule has 6 heteroatoms. The van der Waals surface area contributed by atoms with E-state index in [1.807, 2.05) is 38.2 Å². The molecule has 0 saturated carbocycles. The Morgan fingerprint density at radius 3 is 2.96 bits per heavy atom. The summed E-state index contributed by atoms with van der Waals surface area (Å²) in [7, 11) is 0. The monoisotopic (exact) mass is 404 g/mol. The van der Waals surface area contributed by atoms with Crippen LogP contribution in [0.2, 0.25) is 0 Å². The van der Waals surface area contributed by atoms with Crippen molar-refractivity contribution in [1.82, 2.24) is 4.98 Å². The molecule has 0 aliphatic rings. The predicted molar refractivity (Wildman–Crippen MR) is 103 cm³/mol. The van der Waals surface area contributed by atoms with Crippen LogP contribution >= 0.6 is 27.3 Å². The van der Waals surface area contributed by atoms with Gasteiger partial charge in [0.2, 0.25) is 0 Å². The Bertz CT molecular complexity index is 940. The van der Waals surface area contributed by atoms with Gasteiger partial charge >= 0.3 is 5.97 Å². The Hall–Kier alpha value is -1.92. The van der Waals surface area contributed by atoms with Gasteiger partial charge in [0.15, 0.2) is 0 Å². The summed E-state index contributed by atoms with van der Waals surface area (Å²) < 4.78 is 6.18. The zero-order chi connectivity index (χ0) is 17.3. The molecular formula is C18H17BrN2O2S. The molecule has 0 unspecified atom stereocenters. The summed E-state index contributed by atoms with van der Waals surface area (Å²) >= 11 is 5.00. The van der Waals surface area contributed by atoms with E-state index in [9.17, 15) is 4.79 Å². The molecule has 2 heterocycles. The molecule has 2 aromatic heterocycles. The molecule has 0 radical (unpaired) electrons. The molecule has 0 spiro atoms. The summed E-state index contributed by atoms with van der Waals surface area (Å²) in [5.41, 5.74) is 3.53. The van der Waals surface area contributed by atoms with Gasteiger partial charge in [0, 0.05) is 38.2 Å². The molecule has 0 amide bonds. The molecular weight excluding hydrogens is 388 g/mol. The normalized spacial score (nSPS) is 11.5. The summed E-state index contributed by atoms with van der Waals surface area (Å²) in [4.78, 5) is 21.1. The minimum Gasteiger partial charge on any atom is -0.462 e. The van der Waals surface area contributed by atoms with Gasteiger partial charge in [0.25, 0.3) is 0 Å². The molecule has 0 saturated heterocycles. The Labute approximate surface area is 152 Å². The van der Waals surface area contributed by atoms with Crippen LogP contribution in [0.5, 0.6) is 0 Å². The van der Waals surface area contributed by atoms with E-state index in [0.717, 1.165) is 31.4 Å². The Kier molecular flexibility index (Phi) is 4.87. The van der Waals surface area contributed by atoms with Crippen LogP contribution in [0.25, 0.3) is 10.9 Å².